The zero-order valence-corrected chi connectivity index (χ0v) is 11.9. The van der Waals surface area contributed by atoms with Crippen LogP contribution < -0.4 is 0 Å². The molecule has 16 heavy (non-hydrogen) atoms. The number of rotatable bonds is 3. The lowest BCUT2D eigenvalue weighted by Gasteiger charge is -2.22. The van der Waals surface area contributed by atoms with Crippen LogP contribution in [0.15, 0.2) is 11.8 Å². The third-order valence-corrected chi connectivity index (χ3v) is 2.37. The quantitative estimate of drug-likeness (QED) is 0.456. The fourth-order valence-electron chi connectivity index (χ4n) is 0.937. The predicted molar refractivity (Wildman–Crippen MR) is 65.7 cm³/mol. The Balaban J connectivity index is 4.88. The summed E-state index contributed by atoms with van der Waals surface area (Å²) in [6.45, 7) is 8.58. The summed E-state index contributed by atoms with van der Waals surface area (Å²) >= 11 is 3.03. The van der Waals surface area contributed by atoms with Gasteiger partial charge >= 0.3 is 5.97 Å². The van der Waals surface area contributed by atoms with Crippen molar-refractivity contribution in [2.24, 2.45) is 0 Å². The molecule has 0 fully saturated rings. The van der Waals surface area contributed by atoms with E-state index in [0.29, 0.717) is 6.42 Å². The van der Waals surface area contributed by atoms with Gasteiger partial charge in [-0.15, -0.1) is 0 Å². The molecule has 0 radical (unpaired) electrons. The smallest absolute Gasteiger partial charge is 0.356 e. The number of hydrogen-bond donors (Lipinski definition) is 0. The zero-order valence-electron chi connectivity index (χ0n) is 10.3. The molecular weight excluding hydrogens is 274 g/mol. The highest BCUT2D eigenvalue weighted by atomic mass is 79.9. The first-order valence-corrected chi connectivity index (χ1v) is 5.80. The van der Waals surface area contributed by atoms with E-state index < -0.39 is 11.6 Å². The largest absolute Gasteiger partial charge is 0.455 e. The average Bonchev–Trinajstić information content (AvgIpc) is 2.09. The van der Waals surface area contributed by atoms with E-state index in [1.807, 2.05) is 6.92 Å². The van der Waals surface area contributed by atoms with Gasteiger partial charge in [-0.05, 0) is 27.2 Å². The first-order valence-electron chi connectivity index (χ1n) is 5.09. The topological polar surface area (TPSA) is 46.6 Å². The van der Waals surface area contributed by atoms with Crippen molar-refractivity contribution in [3.8, 4) is 0 Å². The third-order valence-electron chi connectivity index (χ3n) is 1.49. The monoisotopic (exact) mass is 291 g/mol. The van der Waals surface area contributed by atoms with Crippen molar-refractivity contribution in [1.29, 1.82) is 0 Å². The van der Waals surface area contributed by atoms with Crippen molar-refractivity contribution in [1.82, 2.24) is 3.93 Å². The molecule has 0 aromatic carbocycles. The van der Waals surface area contributed by atoms with Gasteiger partial charge in [-0.25, -0.2) is 8.72 Å². The molecule has 0 aliphatic rings. The second-order valence-corrected chi connectivity index (χ2v) is 5.01. The summed E-state index contributed by atoms with van der Waals surface area (Å²) in [4.78, 5) is 22.9. The highest BCUT2D eigenvalue weighted by Gasteiger charge is 2.24. The highest BCUT2D eigenvalue weighted by molar-refractivity contribution is 9.07. The third kappa shape index (κ3) is 5.30. The maximum atomic E-state index is 11.8. The van der Waals surface area contributed by atoms with Gasteiger partial charge in [0.1, 0.15) is 11.3 Å². The van der Waals surface area contributed by atoms with Crippen LogP contribution in [0.2, 0.25) is 0 Å². The minimum Gasteiger partial charge on any atom is -0.455 e. The van der Waals surface area contributed by atoms with Gasteiger partial charge in [0.05, 0.1) is 16.1 Å². The van der Waals surface area contributed by atoms with Crippen molar-refractivity contribution in [2.75, 3.05) is 0 Å². The normalized spacial score (nSPS) is 12.2. The molecule has 0 spiro atoms. The Morgan fingerprint density at radius 1 is 1.38 bits per heavy atom. The highest BCUT2D eigenvalue weighted by Crippen LogP contribution is 2.17. The molecule has 0 bridgehead atoms. The molecule has 0 aliphatic carbocycles. The van der Waals surface area contributed by atoms with Gasteiger partial charge in [-0.3, -0.25) is 4.79 Å². The molecule has 0 aliphatic heterocycles. The Hall–Kier alpha value is -0.840. The average molecular weight is 292 g/mol. The minimum atomic E-state index is -0.575. The molecule has 0 aromatic heterocycles. The summed E-state index contributed by atoms with van der Waals surface area (Å²) < 4.78 is 6.31. The Morgan fingerprint density at radius 2 is 1.88 bits per heavy atom. The molecule has 0 saturated heterocycles. The van der Waals surface area contributed by atoms with Gasteiger partial charge in [-0.1, -0.05) is 13.0 Å². The van der Waals surface area contributed by atoms with E-state index >= 15 is 0 Å². The number of allylic oxidation sites excluding steroid dienone is 1. The van der Waals surface area contributed by atoms with Gasteiger partial charge in [0.25, 0.3) is 0 Å². The number of amides is 1. The number of carbonyl (C=O) groups excluding carboxylic acids is 2. The number of hydrogen-bond acceptors (Lipinski definition) is 3. The van der Waals surface area contributed by atoms with Crippen LogP contribution >= 0.6 is 16.1 Å². The fraction of sp³-hybridized carbons (Fsp3) is 0.636. The van der Waals surface area contributed by atoms with E-state index in [9.17, 15) is 9.59 Å². The Bertz CT molecular complexity index is 305. The molecule has 0 atom stereocenters. The molecule has 0 N–H and O–H groups in total. The van der Waals surface area contributed by atoms with E-state index in [1.165, 1.54) is 6.92 Å². The SMILES string of the molecule is CC/C=C(/C(=O)OC(C)(C)C)N(Br)C(C)=O. The first-order chi connectivity index (χ1) is 7.19. The van der Waals surface area contributed by atoms with Crippen molar-refractivity contribution >= 4 is 28.0 Å². The summed E-state index contributed by atoms with van der Waals surface area (Å²) in [6.07, 6.45) is 2.29. The van der Waals surface area contributed by atoms with Crippen LogP contribution in [0.5, 0.6) is 0 Å². The Kier molecular flexibility index (Phi) is 5.72. The second kappa shape index (κ2) is 6.03. The molecular formula is C11H18BrNO3. The Morgan fingerprint density at radius 3 is 2.19 bits per heavy atom. The van der Waals surface area contributed by atoms with Gasteiger partial charge in [0.2, 0.25) is 5.91 Å². The maximum Gasteiger partial charge on any atom is 0.356 e. The van der Waals surface area contributed by atoms with Gasteiger partial charge in [-0.2, -0.15) is 0 Å². The van der Waals surface area contributed by atoms with E-state index in [-0.39, 0.29) is 11.6 Å². The predicted octanol–water partition coefficient (Wildman–Crippen LogP) is 2.78. The van der Waals surface area contributed by atoms with E-state index in [1.54, 1.807) is 26.8 Å². The van der Waals surface area contributed by atoms with Crippen molar-refractivity contribution in [3.63, 3.8) is 0 Å². The second-order valence-electron chi connectivity index (χ2n) is 4.30. The number of ether oxygens (including phenoxy) is 1. The zero-order chi connectivity index (χ0) is 12.9. The van der Waals surface area contributed by atoms with Crippen LogP contribution in [0, 0.1) is 0 Å². The molecule has 0 unspecified atom stereocenters. The van der Waals surface area contributed by atoms with Crippen molar-refractivity contribution in [3.05, 3.63) is 11.8 Å². The number of nitrogens with zero attached hydrogens (tertiary/aromatic N) is 1. The number of halogens is 1. The molecule has 5 heteroatoms. The molecule has 0 saturated carbocycles. The van der Waals surface area contributed by atoms with Gasteiger partial charge in [0, 0.05) is 6.92 Å². The van der Waals surface area contributed by atoms with E-state index in [4.69, 9.17) is 4.74 Å². The van der Waals surface area contributed by atoms with Crippen LogP contribution in [0.4, 0.5) is 0 Å². The summed E-state index contributed by atoms with van der Waals surface area (Å²) in [5.41, 5.74) is -0.362. The van der Waals surface area contributed by atoms with Crippen LogP contribution in [-0.4, -0.2) is 21.4 Å². The Labute approximate surface area is 105 Å². The molecule has 0 rings (SSSR count). The number of esters is 1. The lowest BCUT2D eigenvalue weighted by Crippen LogP contribution is -2.30. The number of carbonyl (C=O) groups is 2. The molecule has 0 aromatic rings. The molecule has 4 nitrogen and oxygen atoms in total. The van der Waals surface area contributed by atoms with Crippen LogP contribution in [-0.2, 0) is 14.3 Å². The fourth-order valence-corrected chi connectivity index (χ4v) is 1.23. The molecule has 1 amide bonds. The van der Waals surface area contributed by atoms with E-state index in [2.05, 4.69) is 16.1 Å². The van der Waals surface area contributed by atoms with Crippen molar-refractivity contribution < 1.29 is 14.3 Å². The summed E-state index contributed by atoms with van der Waals surface area (Å²) in [5, 5.41) is 0. The summed E-state index contributed by atoms with van der Waals surface area (Å²) in [6, 6.07) is 0. The lowest BCUT2D eigenvalue weighted by atomic mass is 10.2. The summed E-state index contributed by atoms with van der Waals surface area (Å²) in [5.74, 6) is -0.785. The molecule has 92 valence electrons. The first kappa shape index (κ1) is 15.2. The molecule has 0 heterocycles. The summed E-state index contributed by atoms with van der Waals surface area (Å²) in [7, 11) is 0. The standard InChI is InChI=1S/C11H18BrNO3/c1-6-7-9(13(12)8(2)14)10(15)16-11(3,4)5/h7H,6H2,1-5H3/b9-7-. The lowest BCUT2D eigenvalue weighted by molar-refractivity contribution is -0.152. The van der Waals surface area contributed by atoms with Crippen LogP contribution in [0.1, 0.15) is 41.0 Å². The van der Waals surface area contributed by atoms with E-state index in [0.717, 1.165) is 3.93 Å². The van der Waals surface area contributed by atoms with Crippen LogP contribution in [0.3, 0.4) is 0 Å². The minimum absolute atomic E-state index is 0.213. The van der Waals surface area contributed by atoms with Gasteiger partial charge in [0.15, 0.2) is 0 Å². The van der Waals surface area contributed by atoms with Crippen LogP contribution in [0.25, 0.3) is 0 Å². The van der Waals surface area contributed by atoms with Gasteiger partial charge < -0.3 is 4.74 Å². The van der Waals surface area contributed by atoms with Crippen molar-refractivity contribution in [2.45, 2.75) is 46.6 Å². The maximum absolute atomic E-state index is 11.8.